The second-order valence-electron chi connectivity index (χ2n) is 6.36. The second kappa shape index (κ2) is 7.81. The number of benzene rings is 1. The highest BCUT2D eigenvalue weighted by atomic mass is 16.4. The number of aliphatic carboxylic acids is 1. The number of anilines is 2. The summed E-state index contributed by atoms with van der Waals surface area (Å²) in [5, 5.41) is 17.2. The fourth-order valence-electron chi connectivity index (χ4n) is 2.75. The van der Waals surface area contributed by atoms with Crippen LogP contribution in [0.1, 0.15) is 33.1 Å². The molecular weight excluding hydrogens is 310 g/mol. The highest BCUT2D eigenvalue weighted by molar-refractivity contribution is 5.94. The Kier molecular flexibility index (Phi) is 5.78. The Morgan fingerprint density at radius 3 is 2.04 bits per heavy atom. The number of carbonyl (C=O) groups excluding carboxylic acids is 2. The van der Waals surface area contributed by atoms with Crippen LogP contribution < -0.4 is 16.0 Å². The highest BCUT2D eigenvalue weighted by Gasteiger charge is 2.33. The summed E-state index contributed by atoms with van der Waals surface area (Å²) in [5.74, 6) is -1.68. The van der Waals surface area contributed by atoms with Gasteiger partial charge in [0, 0.05) is 23.3 Å². The lowest BCUT2D eigenvalue weighted by atomic mass is 10.0. The van der Waals surface area contributed by atoms with E-state index in [0.29, 0.717) is 30.6 Å². The summed E-state index contributed by atoms with van der Waals surface area (Å²) in [6, 6.07) is 6.56. The van der Waals surface area contributed by atoms with Gasteiger partial charge >= 0.3 is 12.0 Å². The average Bonchev–Trinajstić information content (AvgIpc) is 2.98. The fourth-order valence-corrected chi connectivity index (χ4v) is 2.75. The van der Waals surface area contributed by atoms with Crippen molar-refractivity contribution in [2.45, 2.75) is 39.2 Å². The third kappa shape index (κ3) is 4.97. The lowest BCUT2D eigenvalue weighted by molar-refractivity contribution is -0.141. The molecule has 1 aliphatic rings. The Bertz CT molecular complexity index is 613. The molecule has 7 nitrogen and oxygen atoms in total. The van der Waals surface area contributed by atoms with Gasteiger partial charge in [0.2, 0.25) is 5.91 Å². The molecule has 0 saturated heterocycles. The highest BCUT2D eigenvalue weighted by Crippen LogP contribution is 2.32. The number of hydrogen-bond donors (Lipinski definition) is 4. The van der Waals surface area contributed by atoms with Crippen molar-refractivity contribution in [2.24, 2.45) is 11.8 Å². The molecule has 1 aliphatic carbocycles. The van der Waals surface area contributed by atoms with Gasteiger partial charge in [-0.2, -0.15) is 0 Å². The molecule has 0 bridgehead atoms. The number of hydrogen-bond acceptors (Lipinski definition) is 3. The minimum absolute atomic E-state index is 0.0459. The first-order valence-corrected chi connectivity index (χ1v) is 8.06. The maximum atomic E-state index is 12.2. The van der Waals surface area contributed by atoms with E-state index in [1.54, 1.807) is 24.3 Å². The van der Waals surface area contributed by atoms with E-state index in [1.165, 1.54) is 0 Å². The van der Waals surface area contributed by atoms with Crippen LogP contribution in [0.4, 0.5) is 16.2 Å². The number of carboxylic acid groups (broad SMARTS) is 1. The maximum Gasteiger partial charge on any atom is 0.319 e. The van der Waals surface area contributed by atoms with Crippen molar-refractivity contribution in [2.75, 3.05) is 10.6 Å². The Hall–Kier alpha value is -2.57. The summed E-state index contributed by atoms with van der Waals surface area (Å²) in [6.45, 7) is 3.74. The number of nitrogens with one attached hydrogen (secondary N) is 3. The van der Waals surface area contributed by atoms with Gasteiger partial charge in [-0.15, -0.1) is 0 Å². The number of urea groups is 1. The van der Waals surface area contributed by atoms with E-state index in [9.17, 15) is 14.4 Å². The summed E-state index contributed by atoms with van der Waals surface area (Å²) in [7, 11) is 0. The summed E-state index contributed by atoms with van der Waals surface area (Å²) in [6.07, 6.45) is 1.52. The van der Waals surface area contributed by atoms with Crippen molar-refractivity contribution in [1.82, 2.24) is 5.32 Å². The Morgan fingerprint density at radius 2 is 1.54 bits per heavy atom. The van der Waals surface area contributed by atoms with E-state index in [1.807, 2.05) is 13.8 Å². The zero-order valence-corrected chi connectivity index (χ0v) is 13.8. The van der Waals surface area contributed by atoms with Gasteiger partial charge in [-0.1, -0.05) is 0 Å². The van der Waals surface area contributed by atoms with Crippen LogP contribution >= 0.6 is 0 Å². The zero-order valence-electron chi connectivity index (χ0n) is 13.8. The van der Waals surface area contributed by atoms with Gasteiger partial charge in [-0.25, -0.2) is 4.79 Å². The number of carbonyl (C=O) groups is 3. The average molecular weight is 333 g/mol. The van der Waals surface area contributed by atoms with Crippen molar-refractivity contribution in [3.63, 3.8) is 0 Å². The Morgan fingerprint density at radius 1 is 1.00 bits per heavy atom. The normalized spacial score (nSPS) is 19.8. The molecule has 0 spiro atoms. The quantitative estimate of drug-likeness (QED) is 0.664. The van der Waals surface area contributed by atoms with Gasteiger partial charge in [-0.05, 0) is 57.4 Å². The lowest BCUT2D eigenvalue weighted by Crippen LogP contribution is -2.34. The molecule has 0 aliphatic heterocycles. The molecule has 4 N–H and O–H groups in total. The van der Waals surface area contributed by atoms with Crippen LogP contribution in [0.3, 0.4) is 0 Å². The van der Waals surface area contributed by atoms with Crippen LogP contribution in [0, 0.1) is 11.8 Å². The van der Waals surface area contributed by atoms with Gasteiger partial charge in [-0.3, -0.25) is 9.59 Å². The van der Waals surface area contributed by atoms with Crippen LogP contribution in [0.15, 0.2) is 24.3 Å². The zero-order chi connectivity index (χ0) is 17.7. The van der Waals surface area contributed by atoms with Gasteiger partial charge in [0.15, 0.2) is 0 Å². The van der Waals surface area contributed by atoms with Crippen molar-refractivity contribution in [3.05, 3.63) is 24.3 Å². The first kappa shape index (κ1) is 17.8. The van der Waals surface area contributed by atoms with Crippen molar-refractivity contribution in [1.29, 1.82) is 0 Å². The Labute approximate surface area is 140 Å². The molecule has 0 unspecified atom stereocenters. The molecule has 24 heavy (non-hydrogen) atoms. The molecule has 1 saturated carbocycles. The van der Waals surface area contributed by atoms with E-state index in [0.717, 1.165) is 0 Å². The van der Waals surface area contributed by atoms with E-state index < -0.39 is 11.9 Å². The SMILES string of the molecule is CC(C)NC(=O)Nc1ccc(NC(=O)[C@@H]2CC[C@H](C(=O)O)C2)cc1. The largest absolute Gasteiger partial charge is 0.481 e. The van der Waals surface area contributed by atoms with E-state index >= 15 is 0 Å². The summed E-state index contributed by atoms with van der Waals surface area (Å²) in [4.78, 5) is 34.7. The standard InChI is InChI=1S/C17H23N3O4/c1-10(2)18-17(24)20-14-7-5-13(6-8-14)19-15(21)11-3-4-12(9-11)16(22)23/h5-8,10-12H,3-4,9H2,1-2H3,(H,19,21)(H,22,23)(H2,18,20,24)/t11-,12+/m1/s1. The van der Waals surface area contributed by atoms with Gasteiger partial charge in [0.1, 0.15) is 0 Å². The molecule has 0 heterocycles. The molecule has 130 valence electrons. The van der Waals surface area contributed by atoms with E-state index in [4.69, 9.17) is 5.11 Å². The maximum absolute atomic E-state index is 12.2. The van der Waals surface area contributed by atoms with E-state index in [-0.39, 0.29) is 23.9 Å². The third-order valence-corrected chi connectivity index (χ3v) is 3.98. The van der Waals surface area contributed by atoms with Crippen LogP contribution in [-0.4, -0.2) is 29.1 Å². The molecule has 0 radical (unpaired) electrons. The first-order valence-electron chi connectivity index (χ1n) is 8.06. The van der Waals surface area contributed by atoms with Crippen molar-refractivity contribution in [3.8, 4) is 0 Å². The smallest absolute Gasteiger partial charge is 0.319 e. The molecule has 0 aromatic heterocycles. The molecule has 1 aromatic rings. The first-order chi connectivity index (χ1) is 11.3. The predicted molar refractivity (Wildman–Crippen MR) is 90.8 cm³/mol. The van der Waals surface area contributed by atoms with Crippen LogP contribution in [0.2, 0.25) is 0 Å². The van der Waals surface area contributed by atoms with Crippen LogP contribution in [0.25, 0.3) is 0 Å². The summed E-state index contributed by atoms with van der Waals surface area (Å²) >= 11 is 0. The molecular formula is C17H23N3O4. The van der Waals surface area contributed by atoms with Gasteiger partial charge in [0.05, 0.1) is 5.92 Å². The van der Waals surface area contributed by atoms with Gasteiger partial charge in [0.25, 0.3) is 0 Å². The van der Waals surface area contributed by atoms with Crippen molar-refractivity contribution < 1.29 is 19.5 Å². The van der Waals surface area contributed by atoms with Crippen LogP contribution in [0.5, 0.6) is 0 Å². The molecule has 1 fully saturated rings. The molecule has 2 rings (SSSR count). The monoisotopic (exact) mass is 333 g/mol. The number of carboxylic acids is 1. The second-order valence-corrected chi connectivity index (χ2v) is 6.36. The minimum atomic E-state index is -0.833. The molecule has 1 aromatic carbocycles. The number of amides is 3. The summed E-state index contributed by atoms with van der Waals surface area (Å²) in [5.41, 5.74) is 1.24. The minimum Gasteiger partial charge on any atom is -0.481 e. The van der Waals surface area contributed by atoms with Crippen LogP contribution in [-0.2, 0) is 9.59 Å². The van der Waals surface area contributed by atoms with E-state index in [2.05, 4.69) is 16.0 Å². The van der Waals surface area contributed by atoms with Gasteiger partial charge < -0.3 is 21.1 Å². The lowest BCUT2D eigenvalue weighted by Gasteiger charge is -2.12. The molecule has 2 atom stereocenters. The Balaban J connectivity index is 1.86. The third-order valence-electron chi connectivity index (χ3n) is 3.98. The topological polar surface area (TPSA) is 108 Å². The number of rotatable bonds is 5. The molecule has 3 amide bonds. The van der Waals surface area contributed by atoms with Crippen molar-refractivity contribution >= 4 is 29.3 Å². The molecule has 7 heteroatoms. The summed E-state index contributed by atoms with van der Waals surface area (Å²) < 4.78 is 0. The fraction of sp³-hybridized carbons (Fsp3) is 0.471. The predicted octanol–water partition coefficient (Wildman–Crippen LogP) is 2.66.